The van der Waals surface area contributed by atoms with Crippen molar-refractivity contribution in [1.82, 2.24) is 14.2 Å². The molecule has 0 N–H and O–H groups in total. The molecule has 1 aliphatic rings. The number of halogens is 1. The summed E-state index contributed by atoms with van der Waals surface area (Å²) in [5, 5.41) is 0.643. The van der Waals surface area contributed by atoms with Gasteiger partial charge in [-0.2, -0.15) is 0 Å². The zero-order chi connectivity index (χ0) is 16.2. The smallest absolute Gasteiger partial charge is 0.213 e. The van der Waals surface area contributed by atoms with Crippen molar-refractivity contribution >= 4 is 27.4 Å². The van der Waals surface area contributed by atoms with Crippen LogP contribution in [0.3, 0.4) is 0 Å². The second-order valence-electron chi connectivity index (χ2n) is 5.62. The average molecular weight is 347 g/mol. The summed E-state index contributed by atoms with van der Waals surface area (Å²) in [4.78, 5) is 8.86. The minimum Gasteiger partial charge on any atom is -0.354 e. The molecule has 0 aliphatic carbocycles. The van der Waals surface area contributed by atoms with Gasteiger partial charge in [-0.25, -0.2) is 17.7 Å². The molecule has 1 aromatic rings. The molecular weight excluding hydrogens is 324 g/mol. The van der Waals surface area contributed by atoms with Gasteiger partial charge in [0.05, 0.1) is 10.8 Å². The van der Waals surface area contributed by atoms with Crippen LogP contribution < -0.4 is 4.90 Å². The van der Waals surface area contributed by atoms with Crippen LogP contribution in [-0.2, 0) is 10.0 Å². The summed E-state index contributed by atoms with van der Waals surface area (Å²) in [5.41, 5.74) is 0. The van der Waals surface area contributed by atoms with Gasteiger partial charge in [-0.05, 0) is 25.1 Å². The molecule has 0 saturated carbocycles. The number of nitrogens with zero attached hydrogens (tertiary/aromatic N) is 4. The highest BCUT2D eigenvalue weighted by molar-refractivity contribution is 7.89. The Balaban J connectivity index is 1.74. The molecule has 2 heterocycles. The molecule has 0 aromatic carbocycles. The summed E-state index contributed by atoms with van der Waals surface area (Å²) in [6.45, 7) is 4.46. The first-order chi connectivity index (χ1) is 10.4. The summed E-state index contributed by atoms with van der Waals surface area (Å²) in [7, 11) is 0.0701. The Labute approximate surface area is 137 Å². The number of pyridine rings is 1. The first-order valence-corrected chi connectivity index (χ1v) is 9.36. The highest BCUT2D eigenvalue weighted by Crippen LogP contribution is 2.16. The summed E-state index contributed by atoms with van der Waals surface area (Å²) < 4.78 is 24.7. The maximum Gasteiger partial charge on any atom is 0.213 e. The first-order valence-electron chi connectivity index (χ1n) is 7.37. The van der Waals surface area contributed by atoms with E-state index in [0.29, 0.717) is 11.4 Å². The van der Waals surface area contributed by atoms with E-state index in [9.17, 15) is 8.42 Å². The van der Waals surface area contributed by atoms with Gasteiger partial charge < -0.3 is 4.90 Å². The fourth-order valence-electron chi connectivity index (χ4n) is 2.41. The summed E-state index contributed by atoms with van der Waals surface area (Å²) >= 11 is 5.85. The van der Waals surface area contributed by atoms with E-state index >= 15 is 0 Å². The van der Waals surface area contributed by atoms with Crippen LogP contribution in [0.25, 0.3) is 0 Å². The van der Waals surface area contributed by atoms with Gasteiger partial charge in [0.15, 0.2) is 0 Å². The van der Waals surface area contributed by atoms with Gasteiger partial charge in [-0.15, -0.1) is 0 Å². The molecule has 0 atom stereocenters. The average Bonchev–Trinajstić information content (AvgIpc) is 2.48. The van der Waals surface area contributed by atoms with Crippen LogP contribution in [0.1, 0.15) is 6.42 Å². The largest absolute Gasteiger partial charge is 0.354 e. The highest BCUT2D eigenvalue weighted by Gasteiger charge is 2.19. The van der Waals surface area contributed by atoms with Gasteiger partial charge in [0, 0.05) is 46.5 Å². The van der Waals surface area contributed by atoms with E-state index in [1.807, 2.05) is 12.1 Å². The van der Waals surface area contributed by atoms with Crippen LogP contribution in [0.5, 0.6) is 0 Å². The van der Waals surface area contributed by atoms with Crippen LogP contribution in [-0.4, -0.2) is 75.2 Å². The number of hydrogen-bond donors (Lipinski definition) is 0. The zero-order valence-corrected chi connectivity index (χ0v) is 14.6. The van der Waals surface area contributed by atoms with Crippen molar-refractivity contribution in [2.75, 3.05) is 57.5 Å². The Hall–Kier alpha value is -0.890. The highest BCUT2D eigenvalue weighted by atomic mass is 35.5. The number of hydrogen-bond acceptors (Lipinski definition) is 5. The van der Waals surface area contributed by atoms with E-state index in [1.54, 1.807) is 20.3 Å². The SMILES string of the molecule is CN(C)S(=O)(=O)CCCN1CCN(c2ccc(Cl)cn2)CC1. The maximum absolute atomic E-state index is 11.7. The maximum atomic E-state index is 11.7. The molecule has 1 aromatic heterocycles. The van der Waals surface area contributed by atoms with Crippen molar-refractivity contribution in [2.45, 2.75) is 6.42 Å². The van der Waals surface area contributed by atoms with E-state index < -0.39 is 10.0 Å². The molecule has 8 heteroatoms. The van der Waals surface area contributed by atoms with Crippen molar-refractivity contribution < 1.29 is 8.42 Å². The Kier molecular flexibility index (Phi) is 6.02. The molecule has 1 aliphatic heterocycles. The zero-order valence-electron chi connectivity index (χ0n) is 13.1. The van der Waals surface area contributed by atoms with E-state index in [4.69, 9.17) is 11.6 Å². The lowest BCUT2D eigenvalue weighted by atomic mass is 10.3. The lowest BCUT2D eigenvalue weighted by Gasteiger charge is -2.35. The second-order valence-corrected chi connectivity index (χ2v) is 8.35. The predicted molar refractivity (Wildman–Crippen MR) is 90.0 cm³/mol. The van der Waals surface area contributed by atoms with Gasteiger partial charge in [-0.3, -0.25) is 4.90 Å². The van der Waals surface area contributed by atoms with Crippen LogP contribution >= 0.6 is 11.6 Å². The minimum atomic E-state index is -3.08. The standard InChI is InChI=1S/C14H23ClN4O2S/c1-17(2)22(20,21)11-3-6-18-7-9-19(10-8-18)14-5-4-13(15)12-16-14/h4-5,12H,3,6-11H2,1-2H3. The third kappa shape index (κ3) is 4.81. The lowest BCUT2D eigenvalue weighted by molar-refractivity contribution is 0.258. The van der Waals surface area contributed by atoms with Crippen molar-refractivity contribution in [1.29, 1.82) is 0 Å². The van der Waals surface area contributed by atoms with E-state index in [1.165, 1.54) is 4.31 Å². The number of anilines is 1. The van der Waals surface area contributed by atoms with Gasteiger partial charge >= 0.3 is 0 Å². The Morgan fingerprint density at radius 2 is 1.91 bits per heavy atom. The molecule has 0 bridgehead atoms. The minimum absolute atomic E-state index is 0.207. The molecular formula is C14H23ClN4O2S. The molecule has 1 saturated heterocycles. The molecule has 0 amide bonds. The monoisotopic (exact) mass is 346 g/mol. The number of aromatic nitrogens is 1. The Morgan fingerprint density at radius 3 is 2.45 bits per heavy atom. The van der Waals surface area contributed by atoms with Crippen LogP contribution in [0.4, 0.5) is 5.82 Å². The molecule has 124 valence electrons. The molecule has 2 rings (SSSR count). The van der Waals surface area contributed by atoms with Crippen molar-refractivity contribution in [3.63, 3.8) is 0 Å². The van der Waals surface area contributed by atoms with Crippen molar-refractivity contribution in [2.24, 2.45) is 0 Å². The van der Waals surface area contributed by atoms with Crippen LogP contribution in [0.2, 0.25) is 5.02 Å². The van der Waals surface area contributed by atoms with Gasteiger partial charge in [0.1, 0.15) is 5.82 Å². The molecule has 22 heavy (non-hydrogen) atoms. The van der Waals surface area contributed by atoms with E-state index in [-0.39, 0.29) is 5.75 Å². The fraction of sp³-hybridized carbons (Fsp3) is 0.643. The van der Waals surface area contributed by atoms with Gasteiger partial charge in [0.25, 0.3) is 0 Å². The molecule has 6 nitrogen and oxygen atoms in total. The van der Waals surface area contributed by atoms with Crippen LogP contribution in [0, 0.1) is 0 Å². The van der Waals surface area contributed by atoms with Gasteiger partial charge in [0.2, 0.25) is 10.0 Å². The molecule has 0 radical (unpaired) electrons. The quantitative estimate of drug-likeness (QED) is 0.773. The number of sulfonamides is 1. The predicted octanol–water partition coefficient (Wildman–Crippen LogP) is 1.14. The number of rotatable bonds is 6. The summed E-state index contributed by atoms with van der Waals surface area (Å²) in [6.07, 6.45) is 2.33. The topological polar surface area (TPSA) is 56.8 Å². The fourth-order valence-corrected chi connectivity index (χ4v) is 3.38. The normalized spacial score (nSPS) is 17.2. The molecule has 0 spiro atoms. The third-order valence-electron chi connectivity index (χ3n) is 3.84. The second kappa shape index (κ2) is 7.59. The molecule has 1 fully saturated rings. The lowest BCUT2D eigenvalue weighted by Crippen LogP contribution is -2.47. The first kappa shape index (κ1) is 17.5. The third-order valence-corrected chi connectivity index (χ3v) is 5.98. The van der Waals surface area contributed by atoms with Crippen LogP contribution in [0.15, 0.2) is 18.3 Å². The Bertz CT molecular complexity index is 569. The van der Waals surface area contributed by atoms with E-state index in [0.717, 1.165) is 38.5 Å². The summed E-state index contributed by atoms with van der Waals surface area (Å²) in [6, 6.07) is 3.78. The van der Waals surface area contributed by atoms with Gasteiger partial charge in [-0.1, -0.05) is 11.6 Å². The Morgan fingerprint density at radius 1 is 1.23 bits per heavy atom. The van der Waals surface area contributed by atoms with Crippen molar-refractivity contribution in [3.05, 3.63) is 23.4 Å². The van der Waals surface area contributed by atoms with Crippen molar-refractivity contribution in [3.8, 4) is 0 Å². The number of piperazine rings is 1. The summed E-state index contributed by atoms with van der Waals surface area (Å²) in [5.74, 6) is 1.15. The van der Waals surface area contributed by atoms with E-state index in [2.05, 4.69) is 14.8 Å². The molecule has 0 unspecified atom stereocenters.